The lowest BCUT2D eigenvalue weighted by atomic mass is 10.2. The molecule has 2 rings (SSSR count). The van der Waals surface area contributed by atoms with Crippen LogP contribution in [0.15, 0.2) is 47.6 Å². The molecular weight excluding hydrogens is 270 g/mol. The van der Waals surface area contributed by atoms with E-state index in [1.165, 1.54) is 24.0 Å². The van der Waals surface area contributed by atoms with Crippen molar-refractivity contribution in [2.24, 2.45) is 0 Å². The SMILES string of the molecule is O=C(O)c1ccnc(SCc2ccccc2Cl)c1. The number of aromatic carboxylic acids is 1. The van der Waals surface area contributed by atoms with Crippen LogP contribution in [-0.4, -0.2) is 16.1 Å². The average molecular weight is 280 g/mol. The van der Waals surface area contributed by atoms with Crippen LogP contribution in [0.4, 0.5) is 0 Å². The molecule has 2 aromatic rings. The Balaban J connectivity index is 2.09. The number of nitrogens with zero attached hydrogens (tertiary/aromatic N) is 1. The third kappa shape index (κ3) is 3.24. The zero-order valence-corrected chi connectivity index (χ0v) is 10.9. The average Bonchev–Trinajstić information content (AvgIpc) is 2.38. The van der Waals surface area contributed by atoms with Crippen molar-refractivity contribution in [1.29, 1.82) is 0 Å². The van der Waals surface area contributed by atoms with Crippen LogP contribution in [0, 0.1) is 0 Å². The number of halogens is 1. The van der Waals surface area contributed by atoms with Gasteiger partial charge in [-0.1, -0.05) is 29.8 Å². The van der Waals surface area contributed by atoms with Crippen molar-refractivity contribution in [3.8, 4) is 0 Å². The quantitative estimate of drug-likeness (QED) is 0.867. The third-order valence-electron chi connectivity index (χ3n) is 2.32. The highest BCUT2D eigenvalue weighted by Crippen LogP contribution is 2.25. The van der Waals surface area contributed by atoms with Gasteiger partial charge in [-0.05, 0) is 23.8 Å². The summed E-state index contributed by atoms with van der Waals surface area (Å²) in [7, 11) is 0. The lowest BCUT2D eigenvalue weighted by Gasteiger charge is -2.04. The number of benzene rings is 1. The highest BCUT2D eigenvalue weighted by molar-refractivity contribution is 7.98. The normalized spacial score (nSPS) is 10.3. The van der Waals surface area contributed by atoms with Gasteiger partial charge < -0.3 is 5.11 Å². The largest absolute Gasteiger partial charge is 0.478 e. The molecule has 1 heterocycles. The van der Waals surface area contributed by atoms with Gasteiger partial charge in [0, 0.05) is 17.0 Å². The molecular formula is C13H10ClNO2S. The molecule has 0 aliphatic rings. The monoisotopic (exact) mass is 279 g/mol. The predicted octanol–water partition coefficient (Wildman–Crippen LogP) is 3.73. The third-order valence-corrected chi connectivity index (χ3v) is 3.66. The highest BCUT2D eigenvalue weighted by Gasteiger charge is 2.06. The second-order valence-electron chi connectivity index (χ2n) is 3.57. The van der Waals surface area contributed by atoms with E-state index in [0.29, 0.717) is 15.8 Å². The number of hydrogen-bond donors (Lipinski definition) is 1. The Kier molecular flexibility index (Phi) is 4.23. The Morgan fingerprint density at radius 1 is 1.33 bits per heavy atom. The fourth-order valence-electron chi connectivity index (χ4n) is 1.39. The molecule has 0 saturated carbocycles. The summed E-state index contributed by atoms with van der Waals surface area (Å²) in [6.07, 6.45) is 1.50. The van der Waals surface area contributed by atoms with Crippen molar-refractivity contribution in [1.82, 2.24) is 4.98 Å². The fourth-order valence-corrected chi connectivity index (χ4v) is 2.57. The first-order valence-electron chi connectivity index (χ1n) is 5.22. The summed E-state index contributed by atoms with van der Waals surface area (Å²) in [5, 5.41) is 10.3. The lowest BCUT2D eigenvalue weighted by molar-refractivity contribution is 0.0696. The van der Waals surface area contributed by atoms with Crippen molar-refractivity contribution >= 4 is 29.3 Å². The number of thioether (sulfide) groups is 1. The second-order valence-corrected chi connectivity index (χ2v) is 4.97. The van der Waals surface area contributed by atoms with E-state index in [1.807, 2.05) is 24.3 Å². The number of hydrogen-bond acceptors (Lipinski definition) is 3. The van der Waals surface area contributed by atoms with Crippen molar-refractivity contribution in [3.63, 3.8) is 0 Å². The molecule has 92 valence electrons. The Morgan fingerprint density at radius 3 is 2.83 bits per heavy atom. The van der Waals surface area contributed by atoms with Gasteiger partial charge in [0.1, 0.15) is 0 Å². The molecule has 1 N–H and O–H groups in total. The van der Waals surface area contributed by atoms with Crippen LogP contribution in [0.1, 0.15) is 15.9 Å². The first-order chi connectivity index (χ1) is 8.66. The molecule has 1 aromatic heterocycles. The molecule has 18 heavy (non-hydrogen) atoms. The number of carboxylic acids is 1. The fraction of sp³-hybridized carbons (Fsp3) is 0.0769. The van der Waals surface area contributed by atoms with E-state index < -0.39 is 5.97 Å². The molecule has 0 atom stereocenters. The topological polar surface area (TPSA) is 50.2 Å². The standard InChI is InChI=1S/C13H10ClNO2S/c14-11-4-2-1-3-10(11)8-18-12-7-9(13(16)17)5-6-15-12/h1-7H,8H2,(H,16,17). The minimum absolute atomic E-state index is 0.242. The van der Waals surface area contributed by atoms with Gasteiger partial charge in [0.2, 0.25) is 0 Å². The summed E-state index contributed by atoms with van der Waals surface area (Å²) in [6.45, 7) is 0. The zero-order chi connectivity index (χ0) is 13.0. The molecule has 3 nitrogen and oxygen atoms in total. The molecule has 1 aromatic carbocycles. The van der Waals surface area contributed by atoms with Crippen LogP contribution in [0.2, 0.25) is 5.02 Å². The summed E-state index contributed by atoms with van der Waals surface area (Å²) in [5.74, 6) is -0.285. The number of pyridine rings is 1. The van der Waals surface area contributed by atoms with E-state index in [4.69, 9.17) is 16.7 Å². The Bertz CT molecular complexity index is 574. The molecule has 0 spiro atoms. The van der Waals surface area contributed by atoms with Gasteiger partial charge in [0.25, 0.3) is 0 Å². The smallest absolute Gasteiger partial charge is 0.335 e. The Labute approximate surface area is 114 Å². The van der Waals surface area contributed by atoms with Crippen LogP contribution in [0.5, 0.6) is 0 Å². The molecule has 0 aliphatic heterocycles. The molecule has 0 aliphatic carbocycles. The summed E-state index contributed by atoms with van der Waals surface area (Å²) < 4.78 is 0. The summed E-state index contributed by atoms with van der Waals surface area (Å²) >= 11 is 7.50. The molecule has 0 amide bonds. The van der Waals surface area contributed by atoms with E-state index in [9.17, 15) is 4.79 Å². The van der Waals surface area contributed by atoms with Gasteiger partial charge in [0.05, 0.1) is 10.6 Å². The number of carboxylic acid groups (broad SMARTS) is 1. The van der Waals surface area contributed by atoms with E-state index in [0.717, 1.165) is 5.56 Å². The van der Waals surface area contributed by atoms with E-state index in [-0.39, 0.29) is 5.56 Å². The first kappa shape index (κ1) is 12.9. The summed E-state index contributed by atoms with van der Waals surface area (Å²) in [5.41, 5.74) is 1.25. The number of rotatable bonds is 4. The number of carbonyl (C=O) groups is 1. The van der Waals surface area contributed by atoms with E-state index >= 15 is 0 Å². The second kappa shape index (κ2) is 5.89. The van der Waals surface area contributed by atoms with Crippen LogP contribution in [-0.2, 0) is 5.75 Å². The van der Waals surface area contributed by atoms with Gasteiger partial charge in [-0.3, -0.25) is 0 Å². The molecule has 0 saturated heterocycles. The van der Waals surface area contributed by atoms with Crippen LogP contribution < -0.4 is 0 Å². The van der Waals surface area contributed by atoms with E-state index in [2.05, 4.69) is 4.98 Å². The molecule has 0 unspecified atom stereocenters. The summed E-state index contributed by atoms with van der Waals surface area (Å²) in [4.78, 5) is 14.9. The lowest BCUT2D eigenvalue weighted by Crippen LogP contribution is -1.96. The van der Waals surface area contributed by atoms with Gasteiger partial charge in [-0.2, -0.15) is 0 Å². The van der Waals surface area contributed by atoms with Gasteiger partial charge >= 0.3 is 5.97 Å². The highest BCUT2D eigenvalue weighted by atomic mass is 35.5. The maximum Gasteiger partial charge on any atom is 0.335 e. The predicted molar refractivity (Wildman–Crippen MR) is 72.2 cm³/mol. The van der Waals surface area contributed by atoms with Crippen molar-refractivity contribution in [3.05, 3.63) is 58.7 Å². The van der Waals surface area contributed by atoms with Crippen molar-refractivity contribution in [2.75, 3.05) is 0 Å². The Hall–Kier alpha value is -1.52. The van der Waals surface area contributed by atoms with Gasteiger partial charge in [-0.15, -0.1) is 11.8 Å². The Morgan fingerprint density at radius 2 is 2.11 bits per heavy atom. The molecule has 0 fully saturated rings. The first-order valence-corrected chi connectivity index (χ1v) is 6.59. The van der Waals surface area contributed by atoms with Gasteiger partial charge in [-0.25, -0.2) is 9.78 Å². The van der Waals surface area contributed by atoms with Crippen LogP contribution in [0.3, 0.4) is 0 Å². The van der Waals surface area contributed by atoms with Crippen LogP contribution in [0.25, 0.3) is 0 Å². The molecule has 0 bridgehead atoms. The minimum atomic E-state index is -0.947. The minimum Gasteiger partial charge on any atom is -0.478 e. The molecule has 5 heteroatoms. The van der Waals surface area contributed by atoms with Gasteiger partial charge in [0.15, 0.2) is 0 Å². The molecule has 0 radical (unpaired) electrons. The maximum atomic E-state index is 10.8. The number of aromatic nitrogens is 1. The van der Waals surface area contributed by atoms with Crippen molar-refractivity contribution < 1.29 is 9.90 Å². The van der Waals surface area contributed by atoms with Crippen LogP contribution >= 0.6 is 23.4 Å². The maximum absolute atomic E-state index is 10.8. The summed E-state index contributed by atoms with van der Waals surface area (Å²) in [6, 6.07) is 10.6. The zero-order valence-electron chi connectivity index (χ0n) is 9.34. The van der Waals surface area contributed by atoms with E-state index in [1.54, 1.807) is 6.07 Å². The van der Waals surface area contributed by atoms with Crippen molar-refractivity contribution in [2.45, 2.75) is 10.8 Å².